The lowest BCUT2D eigenvalue weighted by atomic mass is 10.2. The van der Waals surface area contributed by atoms with E-state index in [-0.39, 0.29) is 12.0 Å². The lowest BCUT2D eigenvalue weighted by molar-refractivity contribution is -0.386. The Morgan fingerprint density at radius 2 is 2.05 bits per heavy atom. The van der Waals surface area contributed by atoms with Gasteiger partial charge >= 0.3 is 11.7 Å². The van der Waals surface area contributed by atoms with Crippen molar-refractivity contribution >= 4 is 19.0 Å². The van der Waals surface area contributed by atoms with Crippen LogP contribution in [0.1, 0.15) is 17.8 Å². The van der Waals surface area contributed by atoms with Gasteiger partial charge in [0.25, 0.3) is 0 Å². The summed E-state index contributed by atoms with van der Waals surface area (Å²) in [6.07, 6.45) is -0.920. The Kier molecular flexibility index (Phi) is 5.61. The summed E-state index contributed by atoms with van der Waals surface area (Å²) in [5.41, 5.74) is 4.25. The predicted octanol–water partition coefficient (Wildman–Crippen LogP) is 0.364. The number of aromatic hydroxyl groups is 1. The number of nitro groups is 1. The highest BCUT2D eigenvalue weighted by atomic mass is 31.2. The van der Waals surface area contributed by atoms with E-state index in [9.17, 15) is 34.6 Å². The zero-order chi connectivity index (χ0) is 17.1. The molecule has 3 atom stereocenters. The van der Waals surface area contributed by atoms with Crippen molar-refractivity contribution in [3.8, 4) is 5.75 Å². The molecule has 0 aliphatic rings. The Morgan fingerprint density at radius 3 is 2.55 bits per heavy atom. The summed E-state index contributed by atoms with van der Waals surface area (Å²) in [6, 6.07) is 1.40. The van der Waals surface area contributed by atoms with Crippen molar-refractivity contribution in [2.24, 2.45) is 5.73 Å². The standard InChI is InChI=1S/C11H15N2O8P/c12-7(10(15)16)3-4-22(20,21)11(17)6-1-2-9(14)8(5-6)13(18)19/h1-2,5,7,11,14,17H,3-4,12H2,(H,15,16)(H,20,21)/t7-,11?/m0/s1. The highest BCUT2D eigenvalue weighted by Crippen LogP contribution is 2.55. The van der Waals surface area contributed by atoms with E-state index in [1.165, 1.54) is 0 Å². The predicted molar refractivity (Wildman–Crippen MR) is 74.6 cm³/mol. The molecule has 11 heteroatoms. The number of nitro benzene ring substituents is 1. The molecular weight excluding hydrogens is 319 g/mol. The van der Waals surface area contributed by atoms with Crippen LogP contribution in [0, 0.1) is 10.1 Å². The maximum absolute atomic E-state index is 12.0. The van der Waals surface area contributed by atoms with E-state index in [0.717, 1.165) is 18.2 Å². The molecule has 0 amide bonds. The molecule has 2 unspecified atom stereocenters. The van der Waals surface area contributed by atoms with E-state index in [2.05, 4.69) is 0 Å². The molecule has 1 rings (SSSR count). The Hall–Kier alpha value is -2.00. The highest BCUT2D eigenvalue weighted by Gasteiger charge is 2.33. The van der Waals surface area contributed by atoms with Crippen molar-refractivity contribution < 1.29 is 34.5 Å². The van der Waals surface area contributed by atoms with Crippen molar-refractivity contribution in [3.63, 3.8) is 0 Å². The molecule has 122 valence electrons. The monoisotopic (exact) mass is 334 g/mol. The zero-order valence-corrected chi connectivity index (χ0v) is 12.1. The van der Waals surface area contributed by atoms with Gasteiger partial charge in [0.1, 0.15) is 6.04 Å². The van der Waals surface area contributed by atoms with E-state index in [4.69, 9.17) is 10.8 Å². The van der Waals surface area contributed by atoms with Gasteiger partial charge in [-0.25, -0.2) is 0 Å². The normalized spacial score (nSPS) is 16.5. The molecule has 1 aromatic carbocycles. The topological polar surface area (TPSA) is 184 Å². The SMILES string of the molecule is N[C@@H](CCP(=O)(O)C(O)c1ccc(O)c([N+](=O)[O-])c1)C(=O)O. The quantitative estimate of drug-likeness (QED) is 0.267. The number of rotatable bonds is 7. The third kappa shape index (κ3) is 4.25. The minimum absolute atomic E-state index is 0.237. The van der Waals surface area contributed by atoms with Crippen LogP contribution >= 0.6 is 7.37 Å². The van der Waals surface area contributed by atoms with Crippen LogP contribution in [0.25, 0.3) is 0 Å². The maximum atomic E-state index is 12.0. The van der Waals surface area contributed by atoms with Gasteiger partial charge in [-0.15, -0.1) is 0 Å². The van der Waals surface area contributed by atoms with E-state index < -0.39 is 47.7 Å². The van der Waals surface area contributed by atoms with Gasteiger partial charge in [-0.2, -0.15) is 0 Å². The molecule has 0 aliphatic heterocycles. The van der Waals surface area contributed by atoms with Crippen LogP contribution in [0.5, 0.6) is 5.75 Å². The number of aliphatic hydroxyl groups is 1. The summed E-state index contributed by atoms with van der Waals surface area (Å²) in [7, 11) is -4.26. The lowest BCUT2D eigenvalue weighted by Crippen LogP contribution is -2.31. The fourth-order valence-electron chi connectivity index (χ4n) is 1.65. The molecule has 0 bridgehead atoms. The number of aliphatic hydroxyl groups excluding tert-OH is 1. The smallest absolute Gasteiger partial charge is 0.320 e. The van der Waals surface area contributed by atoms with Crippen LogP contribution in [-0.4, -0.2) is 43.3 Å². The molecule has 10 nitrogen and oxygen atoms in total. The van der Waals surface area contributed by atoms with Crippen molar-refractivity contribution in [1.29, 1.82) is 0 Å². The average molecular weight is 334 g/mol. The average Bonchev–Trinajstić information content (AvgIpc) is 2.44. The summed E-state index contributed by atoms with van der Waals surface area (Å²) in [5, 5.41) is 38.5. The number of carboxylic acids is 1. The molecule has 0 saturated carbocycles. The zero-order valence-electron chi connectivity index (χ0n) is 11.2. The number of carbonyl (C=O) groups is 1. The third-order valence-electron chi connectivity index (χ3n) is 2.95. The van der Waals surface area contributed by atoms with Crippen molar-refractivity contribution in [3.05, 3.63) is 33.9 Å². The molecule has 0 fully saturated rings. The lowest BCUT2D eigenvalue weighted by Gasteiger charge is -2.19. The van der Waals surface area contributed by atoms with Gasteiger partial charge in [-0.3, -0.25) is 19.5 Å². The third-order valence-corrected chi connectivity index (χ3v) is 4.92. The van der Waals surface area contributed by atoms with Gasteiger partial charge in [0, 0.05) is 12.2 Å². The van der Waals surface area contributed by atoms with Crippen molar-refractivity contribution in [2.75, 3.05) is 6.16 Å². The first kappa shape index (κ1) is 18.1. The number of phenolic OH excluding ortho intramolecular Hbond substituents is 1. The number of aliphatic carboxylic acids is 1. The van der Waals surface area contributed by atoms with Gasteiger partial charge in [0.05, 0.1) is 4.92 Å². The number of nitrogens with zero attached hydrogens (tertiary/aromatic N) is 1. The molecule has 22 heavy (non-hydrogen) atoms. The molecule has 6 N–H and O–H groups in total. The molecule has 0 saturated heterocycles. The summed E-state index contributed by atoms with van der Waals surface area (Å²) in [4.78, 5) is 30.1. The Bertz CT molecular complexity index is 635. The number of benzene rings is 1. The van der Waals surface area contributed by atoms with Crippen LogP contribution in [0.2, 0.25) is 0 Å². The number of phenols is 1. The minimum Gasteiger partial charge on any atom is -0.502 e. The maximum Gasteiger partial charge on any atom is 0.320 e. The second-order valence-electron chi connectivity index (χ2n) is 4.59. The van der Waals surface area contributed by atoms with Crippen molar-refractivity contribution in [1.82, 2.24) is 0 Å². The van der Waals surface area contributed by atoms with E-state index >= 15 is 0 Å². The summed E-state index contributed by atoms with van der Waals surface area (Å²) < 4.78 is 12.0. The van der Waals surface area contributed by atoms with Gasteiger partial charge in [-0.05, 0) is 18.1 Å². The number of nitrogens with two attached hydrogens (primary N) is 1. The number of hydrogen-bond donors (Lipinski definition) is 5. The first-order chi connectivity index (χ1) is 10.1. The van der Waals surface area contributed by atoms with Gasteiger partial charge < -0.3 is 25.9 Å². The fourth-order valence-corrected chi connectivity index (χ4v) is 3.17. The first-order valence-electron chi connectivity index (χ1n) is 6.01. The molecule has 0 spiro atoms. The van der Waals surface area contributed by atoms with Crippen LogP contribution in [0.15, 0.2) is 18.2 Å². The van der Waals surface area contributed by atoms with Crippen LogP contribution in [0.3, 0.4) is 0 Å². The molecule has 0 heterocycles. The molecule has 1 aromatic rings. The fraction of sp³-hybridized carbons (Fsp3) is 0.364. The van der Waals surface area contributed by atoms with E-state index in [1.807, 2.05) is 0 Å². The van der Waals surface area contributed by atoms with Gasteiger partial charge in [0.15, 0.2) is 11.6 Å². The number of hydrogen-bond acceptors (Lipinski definition) is 7. The second-order valence-corrected chi connectivity index (χ2v) is 7.04. The molecular formula is C11H15N2O8P. The molecule has 0 aliphatic carbocycles. The first-order valence-corrected chi connectivity index (χ1v) is 7.93. The molecule has 0 aromatic heterocycles. The Balaban J connectivity index is 2.96. The summed E-state index contributed by atoms with van der Waals surface area (Å²) in [6.45, 7) is 0. The Morgan fingerprint density at radius 1 is 1.45 bits per heavy atom. The summed E-state index contributed by atoms with van der Waals surface area (Å²) >= 11 is 0. The van der Waals surface area contributed by atoms with Crippen molar-refractivity contribution in [2.45, 2.75) is 18.3 Å². The minimum atomic E-state index is -4.26. The summed E-state index contributed by atoms with van der Waals surface area (Å²) in [5.74, 6) is -3.95. The van der Waals surface area contributed by atoms with Crippen LogP contribution in [-0.2, 0) is 9.36 Å². The van der Waals surface area contributed by atoms with E-state index in [1.54, 1.807) is 0 Å². The number of carboxylic acid groups (broad SMARTS) is 1. The molecule has 0 radical (unpaired) electrons. The van der Waals surface area contributed by atoms with Crippen LogP contribution < -0.4 is 5.73 Å². The largest absolute Gasteiger partial charge is 0.502 e. The van der Waals surface area contributed by atoms with Crippen LogP contribution in [0.4, 0.5) is 5.69 Å². The van der Waals surface area contributed by atoms with E-state index in [0.29, 0.717) is 0 Å². The second kappa shape index (κ2) is 6.84. The van der Waals surface area contributed by atoms with Gasteiger partial charge in [0.2, 0.25) is 7.37 Å². The Labute approximate surface area is 124 Å². The van der Waals surface area contributed by atoms with Gasteiger partial charge in [-0.1, -0.05) is 6.07 Å². The highest BCUT2D eigenvalue weighted by molar-refractivity contribution is 7.58.